The summed E-state index contributed by atoms with van der Waals surface area (Å²) in [5.74, 6) is 0.138. The standard InChI is InChI=1S/C24H20ClF3N4O2/c1-3-31(16-9-10-18-19(12-16)34-13(2)29-18)23(33)15-5-4-6-17(11-15)32-21(14-7-8-14)20(25)22(30-32)24(26,27)28/h4-6,9-12,14H,3,7-8H2,1-2H3. The molecule has 0 spiro atoms. The molecule has 2 aromatic carbocycles. The van der Waals surface area contributed by atoms with Crippen LogP contribution in [0.3, 0.4) is 0 Å². The van der Waals surface area contributed by atoms with Gasteiger partial charge >= 0.3 is 6.18 Å². The molecular weight excluding hydrogens is 469 g/mol. The number of aryl methyl sites for hydroxylation is 1. The van der Waals surface area contributed by atoms with E-state index in [1.807, 2.05) is 6.92 Å². The van der Waals surface area contributed by atoms with Crippen molar-refractivity contribution >= 4 is 34.3 Å². The molecule has 1 saturated carbocycles. The van der Waals surface area contributed by atoms with E-state index >= 15 is 0 Å². The maximum absolute atomic E-state index is 13.5. The summed E-state index contributed by atoms with van der Waals surface area (Å²) < 4.78 is 47.2. The van der Waals surface area contributed by atoms with Gasteiger partial charge < -0.3 is 9.32 Å². The van der Waals surface area contributed by atoms with Gasteiger partial charge in [-0.3, -0.25) is 4.79 Å². The van der Waals surface area contributed by atoms with E-state index in [9.17, 15) is 18.0 Å². The maximum atomic E-state index is 13.5. The summed E-state index contributed by atoms with van der Waals surface area (Å²) in [7, 11) is 0. The van der Waals surface area contributed by atoms with Crippen LogP contribution in [0.1, 0.15) is 53.3 Å². The first-order chi connectivity index (χ1) is 16.2. The topological polar surface area (TPSA) is 64.2 Å². The van der Waals surface area contributed by atoms with Gasteiger partial charge in [0, 0.05) is 36.7 Å². The van der Waals surface area contributed by atoms with Crippen molar-refractivity contribution in [2.45, 2.75) is 38.8 Å². The SMILES string of the molecule is CCN(C(=O)c1cccc(-n2nc(C(F)(F)F)c(Cl)c2C2CC2)c1)c1ccc2nc(C)oc2c1. The fourth-order valence-electron chi connectivity index (χ4n) is 4.07. The lowest BCUT2D eigenvalue weighted by molar-refractivity contribution is -0.141. The number of hydrogen-bond acceptors (Lipinski definition) is 4. The summed E-state index contributed by atoms with van der Waals surface area (Å²) in [6, 6.07) is 11.7. The molecule has 0 aliphatic heterocycles. The van der Waals surface area contributed by atoms with E-state index in [2.05, 4.69) is 10.1 Å². The van der Waals surface area contributed by atoms with Gasteiger partial charge in [-0.25, -0.2) is 9.67 Å². The third-order valence-corrected chi connectivity index (χ3v) is 6.16. The second-order valence-electron chi connectivity index (χ2n) is 8.22. The van der Waals surface area contributed by atoms with Gasteiger partial charge in [0.2, 0.25) is 0 Å². The number of benzene rings is 2. The highest BCUT2D eigenvalue weighted by atomic mass is 35.5. The van der Waals surface area contributed by atoms with E-state index in [4.69, 9.17) is 16.0 Å². The van der Waals surface area contributed by atoms with Crippen molar-refractivity contribution in [1.29, 1.82) is 0 Å². The molecule has 1 aliphatic rings. The Bertz CT molecular complexity index is 1410. The third-order valence-electron chi connectivity index (χ3n) is 5.78. The molecule has 10 heteroatoms. The second kappa shape index (κ2) is 8.16. The Labute approximate surface area is 197 Å². The summed E-state index contributed by atoms with van der Waals surface area (Å²) in [6.45, 7) is 3.96. The molecule has 6 nitrogen and oxygen atoms in total. The molecular formula is C24H20ClF3N4O2. The van der Waals surface area contributed by atoms with Crippen molar-refractivity contribution in [3.63, 3.8) is 0 Å². The Balaban J connectivity index is 1.53. The predicted molar refractivity (Wildman–Crippen MR) is 122 cm³/mol. The normalized spacial score (nSPS) is 14.1. The highest BCUT2D eigenvalue weighted by molar-refractivity contribution is 6.32. The minimum atomic E-state index is -4.67. The summed E-state index contributed by atoms with van der Waals surface area (Å²) in [6.07, 6.45) is -3.18. The molecule has 2 heterocycles. The minimum Gasteiger partial charge on any atom is -0.441 e. The van der Waals surface area contributed by atoms with Gasteiger partial charge in [-0.05, 0) is 50.1 Å². The molecule has 1 fully saturated rings. The number of alkyl halides is 3. The monoisotopic (exact) mass is 488 g/mol. The molecule has 2 aromatic heterocycles. The van der Waals surface area contributed by atoms with E-state index in [0.717, 1.165) is 12.8 Å². The predicted octanol–water partition coefficient (Wildman–Crippen LogP) is 6.54. The molecule has 0 unspecified atom stereocenters. The fraction of sp³-hybridized carbons (Fsp3) is 0.292. The van der Waals surface area contributed by atoms with E-state index in [1.54, 1.807) is 48.2 Å². The van der Waals surface area contributed by atoms with Crippen LogP contribution < -0.4 is 4.90 Å². The number of carbonyl (C=O) groups is 1. The van der Waals surface area contributed by atoms with Crippen LogP contribution in [-0.2, 0) is 6.18 Å². The van der Waals surface area contributed by atoms with Crippen LogP contribution in [0.15, 0.2) is 46.9 Å². The Morgan fingerprint density at radius 2 is 2.00 bits per heavy atom. The summed E-state index contributed by atoms with van der Waals surface area (Å²) in [4.78, 5) is 19.2. The number of nitrogens with zero attached hydrogens (tertiary/aromatic N) is 4. The Morgan fingerprint density at radius 3 is 2.68 bits per heavy atom. The lowest BCUT2D eigenvalue weighted by Crippen LogP contribution is -2.30. The number of rotatable bonds is 5. The van der Waals surface area contributed by atoms with Gasteiger partial charge in [0.05, 0.1) is 16.4 Å². The van der Waals surface area contributed by atoms with Crippen LogP contribution in [-0.4, -0.2) is 27.2 Å². The zero-order valence-electron chi connectivity index (χ0n) is 18.4. The van der Waals surface area contributed by atoms with Crippen LogP contribution in [0.25, 0.3) is 16.8 Å². The number of hydrogen-bond donors (Lipinski definition) is 0. The third kappa shape index (κ3) is 3.94. The van der Waals surface area contributed by atoms with Crippen molar-refractivity contribution in [1.82, 2.24) is 14.8 Å². The van der Waals surface area contributed by atoms with Gasteiger partial charge in [0.15, 0.2) is 17.2 Å². The first kappa shape index (κ1) is 22.5. The number of anilines is 1. The average molecular weight is 489 g/mol. The zero-order valence-corrected chi connectivity index (χ0v) is 19.1. The summed E-state index contributed by atoms with van der Waals surface area (Å²) in [5.41, 5.74) is 1.76. The van der Waals surface area contributed by atoms with Gasteiger partial charge in [0.25, 0.3) is 5.91 Å². The zero-order chi connectivity index (χ0) is 24.2. The molecule has 1 aliphatic carbocycles. The van der Waals surface area contributed by atoms with Crippen molar-refractivity contribution in [2.75, 3.05) is 11.4 Å². The lowest BCUT2D eigenvalue weighted by atomic mass is 10.1. The van der Waals surface area contributed by atoms with Gasteiger partial charge in [-0.15, -0.1) is 0 Å². The molecule has 5 rings (SSSR count). The second-order valence-corrected chi connectivity index (χ2v) is 8.59. The van der Waals surface area contributed by atoms with Crippen LogP contribution in [0.5, 0.6) is 0 Å². The summed E-state index contributed by atoms with van der Waals surface area (Å²) >= 11 is 6.11. The number of amides is 1. The molecule has 1 amide bonds. The van der Waals surface area contributed by atoms with E-state index in [0.29, 0.717) is 46.2 Å². The molecule has 176 valence electrons. The molecule has 0 atom stereocenters. The number of carbonyl (C=O) groups excluding carboxylic acids is 1. The van der Waals surface area contributed by atoms with E-state index < -0.39 is 11.9 Å². The van der Waals surface area contributed by atoms with E-state index in [1.165, 1.54) is 10.7 Å². The van der Waals surface area contributed by atoms with Gasteiger partial charge in [-0.1, -0.05) is 17.7 Å². The van der Waals surface area contributed by atoms with E-state index in [-0.39, 0.29) is 16.8 Å². The molecule has 0 bridgehead atoms. The van der Waals surface area contributed by atoms with Gasteiger partial charge in [-0.2, -0.15) is 18.3 Å². The maximum Gasteiger partial charge on any atom is 0.436 e. The first-order valence-corrected chi connectivity index (χ1v) is 11.2. The largest absolute Gasteiger partial charge is 0.441 e. The Kier molecular flexibility index (Phi) is 5.39. The first-order valence-electron chi connectivity index (χ1n) is 10.8. The number of aromatic nitrogens is 3. The van der Waals surface area contributed by atoms with Crippen LogP contribution in [0, 0.1) is 6.92 Å². The highest BCUT2D eigenvalue weighted by Gasteiger charge is 2.42. The number of halogens is 4. The highest BCUT2D eigenvalue weighted by Crippen LogP contribution is 2.47. The van der Waals surface area contributed by atoms with Crippen molar-refractivity contribution in [3.8, 4) is 5.69 Å². The Hall–Kier alpha value is -3.33. The molecule has 0 radical (unpaired) electrons. The fourth-order valence-corrected chi connectivity index (χ4v) is 4.44. The smallest absolute Gasteiger partial charge is 0.436 e. The molecule has 34 heavy (non-hydrogen) atoms. The van der Waals surface area contributed by atoms with Crippen LogP contribution >= 0.6 is 11.6 Å². The van der Waals surface area contributed by atoms with Crippen molar-refractivity contribution < 1.29 is 22.4 Å². The van der Waals surface area contributed by atoms with Crippen molar-refractivity contribution in [3.05, 3.63) is 70.3 Å². The van der Waals surface area contributed by atoms with Crippen molar-refractivity contribution in [2.24, 2.45) is 0 Å². The number of fused-ring (bicyclic) bond motifs is 1. The molecule has 4 aromatic rings. The lowest BCUT2D eigenvalue weighted by Gasteiger charge is -2.21. The molecule has 0 saturated heterocycles. The number of oxazole rings is 1. The summed E-state index contributed by atoms with van der Waals surface area (Å²) in [5, 5.41) is 3.41. The molecule has 0 N–H and O–H groups in total. The average Bonchev–Trinajstić information content (AvgIpc) is 3.46. The van der Waals surface area contributed by atoms with Crippen LogP contribution in [0.4, 0.5) is 18.9 Å². The quantitative estimate of drug-likeness (QED) is 0.320. The minimum absolute atomic E-state index is 0.0836. The van der Waals surface area contributed by atoms with Gasteiger partial charge in [0.1, 0.15) is 5.52 Å². The van der Waals surface area contributed by atoms with Crippen LogP contribution in [0.2, 0.25) is 5.02 Å². The Morgan fingerprint density at radius 1 is 1.24 bits per heavy atom.